The normalized spacial score (nSPS) is 16.5. The predicted octanol–water partition coefficient (Wildman–Crippen LogP) is 3.94. The summed E-state index contributed by atoms with van der Waals surface area (Å²) in [5.74, 6) is -0.660. The summed E-state index contributed by atoms with van der Waals surface area (Å²) in [6.45, 7) is 0. The van der Waals surface area contributed by atoms with Gasteiger partial charge in [0.15, 0.2) is 4.32 Å². The van der Waals surface area contributed by atoms with Crippen LogP contribution in [0.2, 0.25) is 0 Å². The molecule has 120 valence electrons. The summed E-state index contributed by atoms with van der Waals surface area (Å²) < 4.78 is 5.53. The molecule has 0 aliphatic carbocycles. The van der Waals surface area contributed by atoms with Crippen LogP contribution in [-0.4, -0.2) is 21.3 Å². The van der Waals surface area contributed by atoms with E-state index in [1.807, 2.05) is 0 Å². The van der Waals surface area contributed by atoms with Crippen molar-refractivity contribution in [1.82, 2.24) is 0 Å². The molecule has 1 aromatic carbocycles. The number of amides is 1. The molecule has 2 heterocycles. The number of nitrogens with zero attached hydrogens (tertiary/aromatic N) is 1. The molecular formula is C17H11NO4S2. The number of carbonyl (C=O) groups is 2. The molecule has 0 spiro atoms. The van der Waals surface area contributed by atoms with E-state index in [1.165, 1.54) is 28.8 Å². The number of allylic oxidation sites excluding steroid dienone is 2. The van der Waals surface area contributed by atoms with Gasteiger partial charge in [0.1, 0.15) is 5.76 Å². The van der Waals surface area contributed by atoms with Crippen molar-refractivity contribution in [2.45, 2.75) is 0 Å². The second-order valence-electron chi connectivity index (χ2n) is 4.77. The second kappa shape index (κ2) is 6.86. The molecule has 0 unspecified atom stereocenters. The number of hydrogen-bond acceptors (Lipinski definition) is 5. The molecule has 1 amide bonds. The van der Waals surface area contributed by atoms with Crippen molar-refractivity contribution < 1.29 is 19.1 Å². The number of aromatic carboxylic acids is 1. The molecule has 2 aromatic rings. The van der Waals surface area contributed by atoms with Crippen LogP contribution in [-0.2, 0) is 4.79 Å². The second-order valence-corrected chi connectivity index (χ2v) is 6.45. The Kier molecular flexibility index (Phi) is 4.64. The lowest BCUT2D eigenvalue weighted by Gasteiger charge is -2.14. The van der Waals surface area contributed by atoms with Crippen LogP contribution in [0.4, 0.5) is 5.69 Å². The summed E-state index contributed by atoms with van der Waals surface area (Å²) in [6, 6.07) is 9.69. The molecule has 0 saturated carbocycles. The summed E-state index contributed by atoms with van der Waals surface area (Å²) in [7, 11) is 0. The number of carboxylic acids is 1. The highest BCUT2D eigenvalue weighted by Crippen LogP contribution is 2.35. The zero-order valence-electron chi connectivity index (χ0n) is 12.2. The minimum absolute atomic E-state index is 0.100. The fraction of sp³-hybridized carbons (Fsp3) is 0. The summed E-state index contributed by atoms with van der Waals surface area (Å²) >= 11 is 6.42. The largest absolute Gasteiger partial charge is 0.478 e. The van der Waals surface area contributed by atoms with Crippen molar-refractivity contribution in [3.63, 3.8) is 0 Å². The molecule has 24 heavy (non-hydrogen) atoms. The van der Waals surface area contributed by atoms with E-state index in [0.717, 1.165) is 0 Å². The molecule has 1 aliphatic rings. The molecule has 7 heteroatoms. The highest BCUT2D eigenvalue weighted by molar-refractivity contribution is 8.27. The highest BCUT2D eigenvalue weighted by atomic mass is 32.2. The summed E-state index contributed by atoms with van der Waals surface area (Å²) in [5, 5.41) is 9.07. The maximum absolute atomic E-state index is 12.5. The number of furan rings is 1. The van der Waals surface area contributed by atoms with Crippen LogP contribution >= 0.6 is 24.0 Å². The van der Waals surface area contributed by atoms with Gasteiger partial charge in [-0.15, -0.1) is 0 Å². The van der Waals surface area contributed by atoms with Gasteiger partial charge in [0.25, 0.3) is 5.91 Å². The van der Waals surface area contributed by atoms with Gasteiger partial charge in [-0.05, 0) is 42.5 Å². The molecule has 0 bridgehead atoms. The smallest absolute Gasteiger partial charge is 0.335 e. The van der Waals surface area contributed by atoms with Crippen molar-refractivity contribution in [2.24, 2.45) is 0 Å². The third kappa shape index (κ3) is 3.32. The lowest BCUT2D eigenvalue weighted by Crippen LogP contribution is -2.27. The maximum Gasteiger partial charge on any atom is 0.335 e. The minimum Gasteiger partial charge on any atom is -0.478 e. The number of carboxylic acid groups (broad SMARTS) is 1. The van der Waals surface area contributed by atoms with Gasteiger partial charge in [-0.2, -0.15) is 0 Å². The Hall–Kier alpha value is -2.64. The molecule has 1 aliphatic heterocycles. The molecule has 0 radical (unpaired) electrons. The molecule has 1 N–H and O–H groups in total. The van der Waals surface area contributed by atoms with E-state index in [0.29, 0.717) is 20.7 Å². The number of anilines is 1. The Morgan fingerprint density at radius 1 is 1.29 bits per heavy atom. The Bertz CT molecular complexity index is 868. The van der Waals surface area contributed by atoms with E-state index < -0.39 is 5.97 Å². The van der Waals surface area contributed by atoms with Gasteiger partial charge < -0.3 is 9.52 Å². The molecule has 1 saturated heterocycles. The van der Waals surface area contributed by atoms with E-state index in [1.54, 1.807) is 48.8 Å². The van der Waals surface area contributed by atoms with Crippen LogP contribution in [0.3, 0.4) is 0 Å². The van der Waals surface area contributed by atoms with Crippen molar-refractivity contribution in [1.29, 1.82) is 0 Å². The van der Waals surface area contributed by atoms with E-state index in [-0.39, 0.29) is 11.5 Å². The Balaban J connectivity index is 1.84. The zero-order valence-corrected chi connectivity index (χ0v) is 13.8. The highest BCUT2D eigenvalue weighted by Gasteiger charge is 2.33. The number of carbonyl (C=O) groups excluding carboxylic acids is 1. The van der Waals surface area contributed by atoms with Crippen LogP contribution in [0.1, 0.15) is 16.1 Å². The molecule has 1 fully saturated rings. The van der Waals surface area contributed by atoms with Crippen LogP contribution in [0.25, 0.3) is 6.08 Å². The Morgan fingerprint density at radius 2 is 2.12 bits per heavy atom. The molecule has 1 aromatic heterocycles. The van der Waals surface area contributed by atoms with Gasteiger partial charge in [0, 0.05) is 0 Å². The van der Waals surface area contributed by atoms with Crippen molar-refractivity contribution in [2.75, 3.05) is 4.90 Å². The average molecular weight is 357 g/mol. The summed E-state index contributed by atoms with van der Waals surface area (Å²) in [6.07, 6.45) is 6.66. The third-order valence-corrected chi connectivity index (χ3v) is 4.52. The topological polar surface area (TPSA) is 70.8 Å². The standard InChI is InChI=1S/C17H11NO4S2/c19-15-14(8-2-6-13-7-3-9-22-13)24-17(23)18(15)12-5-1-4-11(10-12)16(20)21/h1-10H,(H,20,21). The maximum atomic E-state index is 12.5. The number of hydrogen-bond donors (Lipinski definition) is 1. The van der Waals surface area contributed by atoms with E-state index in [2.05, 4.69) is 0 Å². The summed E-state index contributed by atoms with van der Waals surface area (Å²) in [4.78, 5) is 25.4. The predicted molar refractivity (Wildman–Crippen MR) is 96.9 cm³/mol. The SMILES string of the molecule is O=C(O)c1cccc(N2C(=O)C(=CC=Cc3ccco3)SC2=S)c1. The zero-order chi connectivity index (χ0) is 17.1. The minimum atomic E-state index is -1.06. The Labute approximate surface area is 147 Å². The van der Waals surface area contributed by atoms with Gasteiger partial charge in [0.2, 0.25) is 0 Å². The van der Waals surface area contributed by atoms with Crippen LogP contribution < -0.4 is 4.90 Å². The van der Waals surface area contributed by atoms with Crippen molar-refractivity contribution in [3.8, 4) is 0 Å². The van der Waals surface area contributed by atoms with E-state index >= 15 is 0 Å². The van der Waals surface area contributed by atoms with Gasteiger partial charge in [-0.25, -0.2) is 4.79 Å². The summed E-state index contributed by atoms with van der Waals surface area (Å²) in [5.41, 5.74) is 0.541. The molecule has 0 atom stereocenters. The molecule has 3 rings (SSSR count). The lowest BCUT2D eigenvalue weighted by molar-refractivity contribution is -0.113. The Morgan fingerprint density at radius 3 is 2.83 bits per heavy atom. The van der Waals surface area contributed by atoms with Crippen LogP contribution in [0, 0.1) is 0 Å². The number of thioether (sulfide) groups is 1. The first kappa shape index (κ1) is 16.2. The molecular weight excluding hydrogens is 346 g/mol. The first-order chi connectivity index (χ1) is 11.6. The van der Waals surface area contributed by atoms with Crippen molar-refractivity contribution >= 4 is 51.9 Å². The quantitative estimate of drug-likeness (QED) is 0.660. The molecule has 5 nitrogen and oxygen atoms in total. The monoisotopic (exact) mass is 357 g/mol. The first-order valence-electron chi connectivity index (χ1n) is 6.88. The lowest BCUT2D eigenvalue weighted by atomic mass is 10.2. The average Bonchev–Trinajstić information content (AvgIpc) is 3.16. The third-order valence-electron chi connectivity index (χ3n) is 3.20. The fourth-order valence-corrected chi connectivity index (χ4v) is 3.35. The number of benzene rings is 1. The number of thiocarbonyl (C=S) groups is 1. The van der Waals surface area contributed by atoms with Gasteiger partial charge in [0.05, 0.1) is 22.4 Å². The van der Waals surface area contributed by atoms with Crippen LogP contribution in [0.5, 0.6) is 0 Å². The van der Waals surface area contributed by atoms with E-state index in [9.17, 15) is 9.59 Å². The van der Waals surface area contributed by atoms with Gasteiger partial charge >= 0.3 is 5.97 Å². The van der Waals surface area contributed by atoms with Crippen molar-refractivity contribution in [3.05, 3.63) is 71.0 Å². The number of rotatable bonds is 4. The first-order valence-corrected chi connectivity index (χ1v) is 8.10. The van der Waals surface area contributed by atoms with Gasteiger partial charge in [-0.3, -0.25) is 9.69 Å². The van der Waals surface area contributed by atoms with Crippen LogP contribution in [0.15, 0.2) is 64.1 Å². The van der Waals surface area contributed by atoms with Gasteiger partial charge in [-0.1, -0.05) is 36.1 Å². The fourth-order valence-electron chi connectivity index (χ4n) is 2.10. The van der Waals surface area contributed by atoms with E-state index in [4.69, 9.17) is 21.7 Å².